The van der Waals surface area contributed by atoms with Crippen molar-refractivity contribution in [3.05, 3.63) is 22.9 Å². The normalized spacial score (nSPS) is 17.3. The third-order valence-electron chi connectivity index (χ3n) is 2.44. The summed E-state index contributed by atoms with van der Waals surface area (Å²) in [5.74, 6) is 0. The van der Waals surface area contributed by atoms with E-state index in [1.54, 1.807) is 0 Å². The zero-order chi connectivity index (χ0) is 9.14. The van der Waals surface area contributed by atoms with Gasteiger partial charge in [0.05, 0.1) is 0 Å². The molecule has 0 aromatic heterocycles. The van der Waals surface area contributed by atoms with Crippen LogP contribution in [0, 0.1) is 0 Å². The zero-order valence-electron chi connectivity index (χ0n) is 8.65. The van der Waals surface area contributed by atoms with E-state index in [1.807, 2.05) is 0 Å². The molecule has 12 heavy (non-hydrogen) atoms. The summed E-state index contributed by atoms with van der Waals surface area (Å²) in [6.07, 6.45) is 6.16. The lowest BCUT2D eigenvalue weighted by Crippen LogP contribution is -2.13. The van der Waals surface area contributed by atoms with Gasteiger partial charge in [-0.25, -0.2) is 0 Å². The maximum Gasteiger partial charge on any atom is 0.0130 e. The number of nitrogens with zero attached hydrogens (tertiary/aromatic N) is 1. The van der Waals surface area contributed by atoms with Gasteiger partial charge in [-0.15, -0.1) is 0 Å². The van der Waals surface area contributed by atoms with Crippen LogP contribution in [-0.2, 0) is 0 Å². The lowest BCUT2D eigenvalue weighted by atomic mass is 9.96. The SMILES string of the molecule is CC(C)=C1C=C(N(C)C)CCC1. The minimum atomic E-state index is 1.24. The Morgan fingerprint density at radius 1 is 1.25 bits per heavy atom. The van der Waals surface area contributed by atoms with Crippen molar-refractivity contribution in [3.63, 3.8) is 0 Å². The van der Waals surface area contributed by atoms with E-state index in [0.717, 1.165) is 0 Å². The average molecular weight is 165 g/mol. The van der Waals surface area contributed by atoms with Crippen LogP contribution in [0.4, 0.5) is 0 Å². The van der Waals surface area contributed by atoms with E-state index in [9.17, 15) is 0 Å². The summed E-state index contributed by atoms with van der Waals surface area (Å²) in [5.41, 5.74) is 4.47. The maximum atomic E-state index is 2.35. The molecule has 0 amide bonds. The van der Waals surface area contributed by atoms with Gasteiger partial charge in [-0.2, -0.15) is 0 Å². The summed E-state index contributed by atoms with van der Waals surface area (Å²) in [6, 6.07) is 0. The first-order valence-corrected chi connectivity index (χ1v) is 4.65. The van der Waals surface area contributed by atoms with E-state index in [0.29, 0.717) is 0 Å². The molecule has 1 aliphatic carbocycles. The van der Waals surface area contributed by atoms with Crippen molar-refractivity contribution < 1.29 is 0 Å². The van der Waals surface area contributed by atoms with Crippen molar-refractivity contribution in [3.8, 4) is 0 Å². The van der Waals surface area contributed by atoms with Crippen LogP contribution in [0.5, 0.6) is 0 Å². The lowest BCUT2D eigenvalue weighted by molar-refractivity contribution is 0.472. The number of rotatable bonds is 1. The summed E-state index contributed by atoms with van der Waals surface area (Å²) >= 11 is 0. The first-order valence-electron chi connectivity index (χ1n) is 4.65. The third kappa shape index (κ3) is 2.13. The Kier molecular flexibility index (Phi) is 2.96. The highest BCUT2D eigenvalue weighted by Crippen LogP contribution is 2.25. The van der Waals surface area contributed by atoms with E-state index in [2.05, 4.69) is 38.9 Å². The van der Waals surface area contributed by atoms with Crippen molar-refractivity contribution in [2.24, 2.45) is 0 Å². The highest BCUT2D eigenvalue weighted by molar-refractivity contribution is 5.29. The molecule has 1 aliphatic rings. The molecule has 0 N–H and O–H groups in total. The summed E-state index contributed by atoms with van der Waals surface area (Å²) in [4.78, 5) is 2.22. The molecule has 0 aliphatic heterocycles. The molecule has 68 valence electrons. The molecular weight excluding hydrogens is 146 g/mol. The van der Waals surface area contributed by atoms with Crippen molar-refractivity contribution in [2.75, 3.05) is 14.1 Å². The minimum Gasteiger partial charge on any atom is -0.381 e. The highest BCUT2D eigenvalue weighted by Gasteiger charge is 2.09. The fourth-order valence-corrected chi connectivity index (χ4v) is 1.55. The van der Waals surface area contributed by atoms with Crippen molar-refractivity contribution in [1.29, 1.82) is 0 Å². The van der Waals surface area contributed by atoms with Crippen LogP contribution in [0.1, 0.15) is 33.1 Å². The van der Waals surface area contributed by atoms with Gasteiger partial charge in [0.2, 0.25) is 0 Å². The Hall–Kier alpha value is -0.720. The van der Waals surface area contributed by atoms with E-state index in [-0.39, 0.29) is 0 Å². The van der Waals surface area contributed by atoms with Gasteiger partial charge in [-0.3, -0.25) is 0 Å². The van der Waals surface area contributed by atoms with E-state index < -0.39 is 0 Å². The highest BCUT2D eigenvalue weighted by atomic mass is 15.1. The number of hydrogen-bond acceptors (Lipinski definition) is 1. The predicted molar refractivity (Wildman–Crippen MR) is 54.0 cm³/mol. The van der Waals surface area contributed by atoms with Gasteiger partial charge >= 0.3 is 0 Å². The second-order valence-electron chi connectivity index (χ2n) is 3.91. The first-order chi connectivity index (χ1) is 5.61. The standard InChI is InChI=1S/C11H19N/c1-9(2)10-6-5-7-11(8-10)12(3)4/h8H,5-7H2,1-4H3. The molecule has 0 saturated carbocycles. The van der Waals surface area contributed by atoms with Gasteiger partial charge in [-0.05, 0) is 44.8 Å². The number of hydrogen-bond donors (Lipinski definition) is 0. The van der Waals surface area contributed by atoms with Crippen LogP contribution >= 0.6 is 0 Å². The zero-order valence-corrected chi connectivity index (χ0v) is 8.65. The topological polar surface area (TPSA) is 3.24 Å². The van der Waals surface area contributed by atoms with Crippen LogP contribution in [0.25, 0.3) is 0 Å². The van der Waals surface area contributed by atoms with Crippen LogP contribution in [-0.4, -0.2) is 19.0 Å². The van der Waals surface area contributed by atoms with Gasteiger partial charge in [-0.1, -0.05) is 5.57 Å². The molecule has 0 fully saturated rings. The Morgan fingerprint density at radius 2 is 1.92 bits per heavy atom. The molecule has 1 nitrogen and oxygen atoms in total. The average Bonchev–Trinajstić information content (AvgIpc) is 2.04. The maximum absolute atomic E-state index is 2.35. The Morgan fingerprint density at radius 3 is 2.42 bits per heavy atom. The molecule has 0 unspecified atom stereocenters. The quantitative estimate of drug-likeness (QED) is 0.577. The molecular formula is C11H19N. The molecule has 0 aromatic carbocycles. The minimum absolute atomic E-state index is 1.24. The Labute approximate surface area is 75.8 Å². The summed E-state index contributed by atoms with van der Waals surface area (Å²) in [6.45, 7) is 4.40. The van der Waals surface area contributed by atoms with Crippen molar-refractivity contribution >= 4 is 0 Å². The van der Waals surface area contributed by atoms with Crippen molar-refractivity contribution in [2.45, 2.75) is 33.1 Å². The molecule has 0 spiro atoms. The fourth-order valence-electron chi connectivity index (χ4n) is 1.55. The first kappa shape index (κ1) is 9.37. The van der Waals surface area contributed by atoms with Gasteiger partial charge in [0.15, 0.2) is 0 Å². The molecule has 0 bridgehead atoms. The van der Waals surface area contributed by atoms with E-state index >= 15 is 0 Å². The van der Waals surface area contributed by atoms with Gasteiger partial charge in [0, 0.05) is 19.8 Å². The van der Waals surface area contributed by atoms with Crippen molar-refractivity contribution in [1.82, 2.24) is 4.90 Å². The third-order valence-corrected chi connectivity index (χ3v) is 2.44. The second-order valence-corrected chi connectivity index (χ2v) is 3.91. The predicted octanol–water partition coefficient (Wildman–Crippen LogP) is 2.95. The van der Waals surface area contributed by atoms with Gasteiger partial charge in [0.1, 0.15) is 0 Å². The summed E-state index contributed by atoms with van der Waals surface area (Å²) in [5, 5.41) is 0. The molecule has 0 atom stereocenters. The van der Waals surface area contributed by atoms with E-state index in [4.69, 9.17) is 0 Å². The molecule has 0 aromatic rings. The van der Waals surface area contributed by atoms with Crippen LogP contribution in [0.3, 0.4) is 0 Å². The van der Waals surface area contributed by atoms with Gasteiger partial charge < -0.3 is 4.90 Å². The Bertz CT molecular complexity index is 217. The summed E-state index contributed by atoms with van der Waals surface area (Å²) < 4.78 is 0. The van der Waals surface area contributed by atoms with Crippen LogP contribution < -0.4 is 0 Å². The molecule has 0 heterocycles. The molecule has 1 rings (SSSR count). The molecule has 0 radical (unpaired) electrons. The van der Waals surface area contributed by atoms with Crippen LogP contribution in [0.2, 0.25) is 0 Å². The monoisotopic (exact) mass is 165 g/mol. The number of allylic oxidation sites excluding steroid dienone is 4. The largest absolute Gasteiger partial charge is 0.381 e. The fraction of sp³-hybridized carbons (Fsp3) is 0.636. The second kappa shape index (κ2) is 3.79. The lowest BCUT2D eigenvalue weighted by Gasteiger charge is -2.22. The molecule has 1 heteroatoms. The Balaban J connectivity index is 2.84. The smallest absolute Gasteiger partial charge is 0.0130 e. The van der Waals surface area contributed by atoms with Gasteiger partial charge in [0.25, 0.3) is 0 Å². The molecule has 0 saturated heterocycles. The van der Waals surface area contributed by atoms with Crippen LogP contribution in [0.15, 0.2) is 22.9 Å². The van der Waals surface area contributed by atoms with E-state index in [1.165, 1.54) is 36.1 Å². The summed E-state index contributed by atoms with van der Waals surface area (Å²) in [7, 11) is 4.25.